The van der Waals surface area contributed by atoms with Gasteiger partial charge in [-0.25, -0.2) is 5.84 Å². The molecule has 9 nitrogen and oxygen atoms in total. The normalized spacial score (nSPS) is 10.2. The Hall–Kier alpha value is -1.71. The summed E-state index contributed by atoms with van der Waals surface area (Å²) in [6.45, 7) is 1.31. The highest BCUT2D eigenvalue weighted by Crippen LogP contribution is 2.09. The molecule has 0 amide bonds. The van der Waals surface area contributed by atoms with E-state index in [2.05, 4.69) is 25.7 Å². The van der Waals surface area contributed by atoms with Crippen molar-refractivity contribution in [3.8, 4) is 0 Å². The van der Waals surface area contributed by atoms with E-state index in [-0.39, 0.29) is 12.6 Å². The van der Waals surface area contributed by atoms with E-state index in [4.69, 9.17) is 15.7 Å². The number of aliphatic hydroxyl groups excluding tert-OH is 1. The smallest absolute Gasteiger partial charge is 0.243 e. The van der Waals surface area contributed by atoms with Crippen molar-refractivity contribution >= 4 is 17.8 Å². The minimum Gasteiger partial charge on any atom is -0.394 e. The summed E-state index contributed by atoms with van der Waals surface area (Å²) >= 11 is 0. The topological polar surface area (TPSA) is 121 Å². The van der Waals surface area contributed by atoms with Crippen LogP contribution < -0.4 is 21.5 Å². The highest BCUT2D eigenvalue weighted by atomic mass is 16.5. The highest BCUT2D eigenvalue weighted by molar-refractivity contribution is 5.42. The zero-order chi connectivity index (χ0) is 13.4. The summed E-state index contributed by atoms with van der Waals surface area (Å²) in [5, 5.41) is 11.5. The number of anilines is 3. The van der Waals surface area contributed by atoms with E-state index in [0.29, 0.717) is 31.7 Å². The van der Waals surface area contributed by atoms with Crippen molar-refractivity contribution in [3.05, 3.63) is 0 Å². The lowest BCUT2D eigenvalue weighted by Gasteiger charge is -2.13. The molecule has 0 aliphatic rings. The molecule has 1 heterocycles. The van der Waals surface area contributed by atoms with Crippen LogP contribution in [0.2, 0.25) is 0 Å². The Bertz CT molecular complexity index is 361. The molecule has 1 aromatic rings. The minimum absolute atomic E-state index is 0.0117. The van der Waals surface area contributed by atoms with Crippen molar-refractivity contribution < 1.29 is 9.84 Å². The van der Waals surface area contributed by atoms with Crippen LogP contribution in [-0.4, -0.2) is 60.5 Å². The van der Waals surface area contributed by atoms with Gasteiger partial charge in [0.2, 0.25) is 17.8 Å². The first-order valence-corrected chi connectivity index (χ1v) is 5.50. The summed E-state index contributed by atoms with van der Waals surface area (Å²) in [7, 11) is 3.65. The minimum atomic E-state index is 0.0117. The van der Waals surface area contributed by atoms with E-state index in [1.165, 1.54) is 0 Å². The Morgan fingerprint density at radius 1 is 1.22 bits per heavy atom. The van der Waals surface area contributed by atoms with Crippen molar-refractivity contribution in [1.29, 1.82) is 0 Å². The van der Waals surface area contributed by atoms with Crippen LogP contribution in [0.25, 0.3) is 0 Å². The Morgan fingerprint density at radius 3 is 2.56 bits per heavy atom. The van der Waals surface area contributed by atoms with Crippen LogP contribution in [0.3, 0.4) is 0 Å². The Morgan fingerprint density at radius 2 is 1.94 bits per heavy atom. The maximum Gasteiger partial charge on any atom is 0.243 e. The van der Waals surface area contributed by atoms with Crippen LogP contribution in [0.5, 0.6) is 0 Å². The lowest BCUT2D eigenvalue weighted by Crippen LogP contribution is -2.20. The number of rotatable bonds is 8. The number of nitrogens with zero attached hydrogens (tertiary/aromatic N) is 4. The Kier molecular flexibility index (Phi) is 6.05. The van der Waals surface area contributed by atoms with Crippen LogP contribution >= 0.6 is 0 Å². The zero-order valence-electron chi connectivity index (χ0n) is 10.6. The summed E-state index contributed by atoms with van der Waals surface area (Å²) < 4.78 is 5.10. The Balaban J connectivity index is 2.56. The molecule has 0 aliphatic heterocycles. The number of ether oxygens (including phenoxy) is 1. The van der Waals surface area contributed by atoms with Crippen LogP contribution in [0.4, 0.5) is 17.8 Å². The van der Waals surface area contributed by atoms with Gasteiger partial charge in [-0.1, -0.05) is 0 Å². The first kappa shape index (κ1) is 14.4. The van der Waals surface area contributed by atoms with E-state index >= 15 is 0 Å². The molecule has 1 rings (SSSR count). The average molecular weight is 257 g/mol. The summed E-state index contributed by atoms with van der Waals surface area (Å²) in [5.41, 5.74) is 2.38. The number of aromatic nitrogens is 3. The summed E-state index contributed by atoms with van der Waals surface area (Å²) in [5.74, 6) is 6.47. The number of hydrazine groups is 1. The molecule has 0 radical (unpaired) electrons. The van der Waals surface area contributed by atoms with Crippen LogP contribution in [0, 0.1) is 0 Å². The molecule has 1 aromatic heterocycles. The van der Waals surface area contributed by atoms with Crippen LogP contribution in [0.1, 0.15) is 0 Å². The van der Waals surface area contributed by atoms with Gasteiger partial charge in [0, 0.05) is 20.6 Å². The third-order valence-electron chi connectivity index (χ3n) is 1.92. The second kappa shape index (κ2) is 7.58. The maximum absolute atomic E-state index is 8.54. The van der Waals surface area contributed by atoms with Crippen molar-refractivity contribution in [3.63, 3.8) is 0 Å². The third kappa shape index (κ3) is 4.65. The Labute approximate surface area is 105 Å². The molecule has 0 aromatic carbocycles. The van der Waals surface area contributed by atoms with Gasteiger partial charge < -0.3 is 20.1 Å². The second-order valence-corrected chi connectivity index (χ2v) is 3.58. The third-order valence-corrected chi connectivity index (χ3v) is 1.92. The molecule has 0 bridgehead atoms. The van der Waals surface area contributed by atoms with Gasteiger partial charge in [-0.15, -0.1) is 0 Å². The predicted octanol–water partition coefficient (Wildman–Crippen LogP) is -1.36. The zero-order valence-corrected chi connectivity index (χ0v) is 10.6. The molecule has 18 heavy (non-hydrogen) atoms. The summed E-state index contributed by atoms with van der Waals surface area (Å²) in [6.07, 6.45) is 0. The molecule has 0 spiro atoms. The monoisotopic (exact) mass is 257 g/mol. The van der Waals surface area contributed by atoms with Gasteiger partial charge in [0.05, 0.1) is 19.8 Å². The molecule has 0 fully saturated rings. The molecule has 0 aliphatic carbocycles. The van der Waals surface area contributed by atoms with E-state index in [9.17, 15) is 0 Å². The van der Waals surface area contributed by atoms with Crippen LogP contribution in [-0.2, 0) is 4.74 Å². The standard InChI is InChI=1S/C9H19N7O2/c1-16(2)9-13-7(12-8(14-9)15-10)11-3-5-18-6-4-17/h17H,3-6,10H2,1-2H3,(H2,11,12,13,14,15). The van der Waals surface area contributed by atoms with Crippen molar-refractivity contribution in [2.75, 3.05) is 56.1 Å². The SMILES string of the molecule is CN(C)c1nc(NN)nc(NCCOCCO)n1. The van der Waals surface area contributed by atoms with E-state index in [1.54, 1.807) is 4.90 Å². The molecule has 0 unspecified atom stereocenters. The first-order valence-electron chi connectivity index (χ1n) is 5.50. The number of nitrogen functional groups attached to an aromatic ring is 1. The van der Waals surface area contributed by atoms with Gasteiger partial charge in [-0.3, -0.25) is 5.43 Å². The molecular weight excluding hydrogens is 238 g/mol. The van der Waals surface area contributed by atoms with Gasteiger partial charge in [0.25, 0.3) is 0 Å². The van der Waals surface area contributed by atoms with Gasteiger partial charge in [-0.2, -0.15) is 15.0 Å². The quantitative estimate of drug-likeness (QED) is 0.254. The fourth-order valence-corrected chi connectivity index (χ4v) is 1.11. The average Bonchev–Trinajstić information content (AvgIpc) is 2.38. The van der Waals surface area contributed by atoms with Gasteiger partial charge in [0.1, 0.15) is 0 Å². The fourth-order valence-electron chi connectivity index (χ4n) is 1.11. The first-order chi connectivity index (χ1) is 8.67. The van der Waals surface area contributed by atoms with E-state index < -0.39 is 0 Å². The van der Waals surface area contributed by atoms with Crippen molar-refractivity contribution in [1.82, 2.24) is 15.0 Å². The van der Waals surface area contributed by atoms with Gasteiger partial charge in [-0.05, 0) is 0 Å². The maximum atomic E-state index is 8.54. The van der Waals surface area contributed by atoms with Gasteiger partial charge >= 0.3 is 0 Å². The number of nitrogens with two attached hydrogens (primary N) is 1. The van der Waals surface area contributed by atoms with Crippen molar-refractivity contribution in [2.24, 2.45) is 5.84 Å². The lowest BCUT2D eigenvalue weighted by atomic mass is 10.6. The molecule has 0 saturated carbocycles. The number of nitrogens with one attached hydrogen (secondary N) is 2. The molecule has 0 atom stereocenters. The van der Waals surface area contributed by atoms with Crippen LogP contribution in [0.15, 0.2) is 0 Å². The van der Waals surface area contributed by atoms with Crippen molar-refractivity contribution in [2.45, 2.75) is 0 Å². The summed E-state index contributed by atoms with van der Waals surface area (Å²) in [6, 6.07) is 0. The summed E-state index contributed by atoms with van der Waals surface area (Å²) in [4.78, 5) is 14.1. The fraction of sp³-hybridized carbons (Fsp3) is 0.667. The van der Waals surface area contributed by atoms with E-state index in [0.717, 1.165) is 0 Å². The molecule has 0 saturated heterocycles. The predicted molar refractivity (Wildman–Crippen MR) is 68.4 cm³/mol. The van der Waals surface area contributed by atoms with Gasteiger partial charge in [0.15, 0.2) is 0 Å². The number of hydrogen-bond acceptors (Lipinski definition) is 9. The largest absolute Gasteiger partial charge is 0.394 e. The molecular formula is C9H19N7O2. The lowest BCUT2D eigenvalue weighted by molar-refractivity contribution is 0.0991. The molecule has 9 heteroatoms. The molecule has 5 N–H and O–H groups in total. The number of hydrogen-bond donors (Lipinski definition) is 4. The number of aliphatic hydroxyl groups is 1. The van der Waals surface area contributed by atoms with E-state index in [1.807, 2.05) is 14.1 Å². The highest BCUT2D eigenvalue weighted by Gasteiger charge is 2.06. The molecule has 102 valence electrons. The second-order valence-electron chi connectivity index (χ2n) is 3.58.